The second-order valence-electron chi connectivity index (χ2n) is 9.23. The summed E-state index contributed by atoms with van der Waals surface area (Å²) in [6, 6.07) is 5.01. The van der Waals surface area contributed by atoms with E-state index in [4.69, 9.17) is 29.3 Å². The number of nitrogens with zero attached hydrogens (tertiary/aromatic N) is 3. The van der Waals surface area contributed by atoms with E-state index in [1.165, 1.54) is 6.20 Å². The average molecular weight is 610 g/mol. The van der Waals surface area contributed by atoms with Crippen LogP contribution in [0.5, 0.6) is 0 Å². The first-order valence-corrected chi connectivity index (χ1v) is 13.3. The molecule has 1 unspecified atom stereocenters. The third kappa shape index (κ3) is 10.1. The second kappa shape index (κ2) is 13.9. The van der Waals surface area contributed by atoms with Crippen molar-refractivity contribution in [2.45, 2.75) is 42.7 Å². The molecule has 40 heavy (non-hydrogen) atoms. The number of aromatic nitrogens is 1. The molecular formula is C22H29F6N3O8S. The van der Waals surface area contributed by atoms with Crippen LogP contribution in [-0.4, -0.2) is 116 Å². The van der Waals surface area contributed by atoms with Crippen molar-refractivity contribution in [1.82, 2.24) is 14.2 Å². The standard InChI is InChI=1S/C18H27N3O4S.2C2HF3O2/c22-26(23,17-3-1-2-6-19-17)21-7-4-18(5-8-21)13-16(25-15-18)14-20-9-11-24-12-10-20;2*3-2(4,5)1(6)7/h1-3,6,16H,4-5,7-15H2;2*(H,6,7). The van der Waals surface area contributed by atoms with E-state index in [-0.39, 0.29) is 16.5 Å². The Labute approximate surface area is 225 Å². The van der Waals surface area contributed by atoms with Gasteiger partial charge in [0, 0.05) is 38.9 Å². The average Bonchev–Trinajstić information content (AvgIpc) is 3.26. The van der Waals surface area contributed by atoms with Crippen molar-refractivity contribution in [2.75, 3.05) is 52.5 Å². The zero-order valence-electron chi connectivity index (χ0n) is 21.0. The van der Waals surface area contributed by atoms with Crippen molar-refractivity contribution in [1.29, 1.82) is 0 Å². The summed E-state index contributed by atoms with van der Waals surface area (Å²) in [5.41, 5.74) is 0.132. The molecule has 3 fully saturated rings. The number of piperidine rings is 1. The SMILES string of the molecule is O=C(O)C(F)(F)F.O=C(O)C(F)(F)F.O=S(=O)(c1ccccn1)N1CCC2(CC1)COC(CN1CCOCC1)C2. The molecule has 4 rings (SSSR count). The van der Waals surface area contributed by atoms with Crippen molar-refractivity contribution >= 4 is 22.0 Å². The van der Waals surface area contributed by atoms with Crippen molar-refractivity contribution in [3.63, 3.8) is 0 Å². The molecule has 3 aliphatic rings. The highest BCUT2D eigenvalue weighted by Crippen LogP contribution is 2.43. The van der Waals surface area contributed by atoms with Gasteiger partial charge in [-0.2, -0.15) is 30.6 Å². The first kappa shape index (κ1) is 33.7. The molecule has 1 spiro atoms. The van der Waals surface area contributed by atoms with Crippen LogP contribution in [0.2, 0.25) is 0 Å². The minimum atomic E-state index is -5.08. The van der Waals surface area contributed by atoms with Crippen LogP contribution >= 0.6 is 0 Å². The summed E-state index contributed by atoms with van der Waals surface area (Å²) in [4.78, 5) is 24.2. The van der Waals surface area contributed by atoms with Crippen LogP contribution in [0.1, 0.15) is 19.3 Å². The topological polar surface area (TPSA) is 147 Å². The molecule has 1 atom stereocenters. The summed E-state index contributed by atoms with van der Waals surface area (Å²) in [6.45, 7) is 6.36. The number of alkyl halides is 6. The Hall–Kier alpha value is -2.54. The summed E-state index contributed by atoms with van der Waals surface area (Å²) in [5, 5.41) is 14.4. The van der Waals surface area contributed by atoms with Gasteiger partial charge < -0.3 is 19.7 Å². The molecule has 0 aliphatic carbocycles. The molecule has 11 nitrogen and oxygen atoms in total. The van der Waals surface area contributed by atoms with Gasteiger partial charge in [-0.3, -0.25) is 4.90 Å². The molecule has 0 bridgehead atoms. The summed E-state index contributed by atoms with van der Waals surface area (Å²) in [5.74, 6) is -5.51. The summed E-state index contributed by atoms with van der Waals surface area (Å²) in [7, 11) is -3.49. The lowest BCUT2D eigenvalue weighted by Gasteiger charge is -2.37. The maximum atomic E-state index is 12.7. The second-order valence-corrected chi connectivity index (χ2v) is 11.1. The zero-order chi connectivity index (χ0) is 30.2. The van der Waals surface area contributed by atoms with Crippen LogP contribution in [0.25, 0.3) is 0 Å². The Bertz CT molecular complexity index is 1050. The van der Waals surface area contributed by atoms with Crippen molar-refractivity contribution in [3.05, 3.63) is 24.4 Å². The van der Waals surface area contributed by atoms with Crippen molar-refractivity contribution in [3.8, 4) is 0 Å². The number of hydrogen-bond donors (Lipinski definition) is 2. The highest BCUT2D eigenvalue weighted by atomic mass is 32.2. The minimum absolute atomic E-state index is 0.132. The highest BCUT2D eigenvalue weighted by molar-refractivity contribution is 7.89. The monoisotopic (exact) mass is 609 g/mol. The molecule has 0 aromatic carbocycles. The first-order valence-electron chi connectivity index (χ1n) is 11.9. The van der Waals surface area contributed by atoms with Gasteiger partial charge >= 0.3 is 24.3 Å². The van der Waals surface area contributed by atoms with Gasteiger partial charge in [0.05, 0.1) is 25.9 Å². The van der Waals surface area contributed by atoms with Gasteiger partial charge in [-0.15, -0.1) is 0 Å². The number of ether oxygens (including phenoxy) is 2. The Morgan fingerprint density at radius 1 is 0.975 bits per heavy atom. The van der Waals surface area contributed by atoms with Crippen LogP contribution in [0.3, 0.4) is 0 Å². The number of carbonyl (C=O) groups is 2. The van der Waals surface area contributed by atoms with Crippen LogP contribution in [0, 0.1) is 5.41 Å². The van der Waals surface area contributed by atoms with E-state index in [0.717, 1.165) is 58.7 Å². The smallest absolute Gasteiger partial charge is 0.475 e. The van der Waals surface area contributed by atoms with E-state index >= 15 is 0 Å². The molecule has 0 amide bonds. The number of hydrogen-bond acceptors (Lipinski definition) is 8. The Morgan fingerprint density at radius 3 is 1.95 bits per heavy atom. The van der Waals surface area contributed by atoms with E-state index in [9.17, 15) is 34.8 Å². The van der Waals surface area contributed by atoms with Crippen molar-refractivity contribution < 1.29 is 64.0 Å². The van der Waals surface area contributed by atoms with Crippen molar-refractivity contribution in [2.24, 2.45) is 5.41 Å². The molecule has 18 heteroatoms. The van der Waals surface area contributed by atoms with E-state index < -0.39 is 34.3 Å². The molecule has 2 N–H and O–H groups in total. The molecule has 1 aromatic heterocycles. The minimum Gasteiger partial charge on any atom is -0.475 e. The molecule has 228 valence electrons. The lowest BCUT2D eigenvalue weighted by molar-refractivity contribution is -0.193. The first-order chi connectivity index (χ1) is 18.5. The molecule has 0 radical (unpaired) electrons. The van der Waals surface area contributed by atoms with E-state index in [1.54, 1.807) is 22.5 Å². The molecule has 3 saturated heterocycles. The number of carboxylic acid groups (broad SMARTS) is 2. The van der Waals surface area contributed by atoms with Gasteiger partial charge in [0.1, 0.15) is 0 Å². The lowest BCUT2D eigenvalue weighted by atomic mass is 9.77. The van der Waals surface area contributed by atoms with Crippen LogP contribution in [0.15, 0.2) is 29.4 Å². The van der Waals surface area contributed by atoms with Gasteiger partial charge in [-0.25, -0.2) is 23.0 Å². The number of aliphatic carboxylic acids is 2. The number of pyridine rings is 1. The normalized spacial score (nSPS) is 22.0. The zero-order valence-corrected chi connectivity index (χ0v) is 21.8. The highest BCUT2D eigenvalue weighted by Gasteiger charge is 2.45. The number of sulfonamides is 1. The molecule has 1 aromatic rings. The van der Waals surface area contributed by atoms with E-state index in [1.807, 2.05) is 0 Å². The molecule has 3 aliphatic heterocycles. The fourth-order valence-electron chi connectivity index (χ4n) is 4.27. The van der Waals surface area contributed by atoms with E-state index in [0.29, 0.717) is 13.1 Å². The number of rotatable bonds is 4. The number of carboxylic acids is 2. The van der Waals surface area contributed by atoms with Crippen LogP contribution < -0.4 is 0 Å². The summed E-state index contributed by atoms with van der Waals surface area (Å²) >= 11 is 0. The van der Waals surface area contributed by atoms with Gasteiger partial charge in [0.2, 0.25) is 0 Å². The summed E-state index contributed by atoms with van der Waals surface area (Å²) < 4.78 is 102. The third-order valence-electron chi connectivity index (χ3n) is 6.36. The summed E-state index contributed by atoms with van der Waals surface area (Å²) in [6.07, 6.45) is -5.63. The predicted octanol–water partition coefficient (Wildman–Crippen LogP) is 2.24. The molecular weight excluding hydrogens is 580 g/mol. The third-order valence-corrected chi connectivity index (χ3v) is 8.18. The number of morpholine rings is 1. The Kier molecular flexibility index (Phi) is 11.7. The van der Waals surface area contributed by atoms with Gasteiger partial charge in [0.25, 0.3) is 10.0 Å². The quantitative estimate of drug-likeness (QED) is 0.488. The Balaban J connectivity index is 0.000000333. The van der Waals surface area contributed by atoms with E-state index in [2.05, 4.69) is 9.88 Å². The van der Waals surface area contributed by atoms with Crippen LogP contribution in [-0.2, 0) is 29.1 Å². The van der Waals surface area contributed by atoms with Gasteiger partial charge in [-0.05, 0) is 36.8 Å². The maximum Gasteiger partial charge on any atom is 0.490 e. The molecule has 4 heterocycles. The largest absolute Gasteiger partial charge is 0.490 e. The predicted molar refractivity (Wildman–Crippen MR) is 124 cm³/mol. The fraction of sp³-hybridized carbons (Fsp3) is 0.682. The Morgan fingerprint density at radius 2 is 1.50 bits per heavy atom. The molecule has 0 saturated carbocycles. The number of halogens is 6. The lowest BCUT2D eigenvalue weighted by Crippen LogP contribution is -2.44. The van der Waals surface area contributed by atoms with Gasteiger partial charge in [-0.1, -0.05) is 6.07 Å². The maximum absolute atomic E-state index is 12.7. The van der Waals surface area contributed by atoms with Gasteiger partial charge in [0.15, 0.2) is 5.03 Å². The van der Waals surface area contributed by atoms with Crippen LogP contribution in [0.4, 0.5) is 26.3 Å². The fourth-order valence-corrected chi connectivity index (χ4v) is 5.64.